The van der Waals surface area contributed by atoms with E-state index in [0.29, 0.717) is 6.61 Å². The second-order valence-electron chi connectivity index (χ2n) is 10.7. The van der Waals surface area contributed by atoms with E-state index in [1.807, 2.05) is 37.3 Å². The maximum absolute atomic E-state index is 10.9. The van der Waals surface area contributed by atoms with Gasteiger partial charge in [0, 0.05) is 36.3 Å². The van der Waals surface area contributed by atoms with Gasteiger partial charge in [0.15, 0.2) is 0 Å². The Morgan fingerprint density at radius 2 is 1.81 bits per heavy atom. The highest BCUT2D eigenvalue weighted by Gasteiger charge is 2.43. The fraction of sp³-hybridized carbons (Fsp3) is 0.387. The summed E-state index contributed by atoms with van der Waals surface area (Å²) in [6, 6.07) is 22.8. The number of ether oxygens (including phenoxy) is 1. The summed E-state index contributed by atoms with van der Waals surface area (Å²) in [7, 11) is 2.21. The number of piperidine rings is 1. The van der Waals surface area contributed by atoms with E-state index in [2.05, 4.69) is 53.2 Å². The summed E-state index contributed by atoms with van der Waals surface area (Å²) in [6.45, 7) is 6.48. The maximum Gasteiger partial charge on any atom is 0.303 e. The van der Waals surface area contributed by atoms with Gasteiger partial charge in [-0.1, -0.05) is 61.0 Å². The predicted octanol–water partition coefficient (Wildman–Crippen LogP) is 6.48. The highest BCUT2D eigenvalue weighted by Crippen LogP contribution is 2.46. The van der Waals surface area contributed by atoms with Gasteiger partial charge in [-0.15, -0.1) is 0 Å². The van der Waals surface area contributed by atoms with Crippen molar-refractivity contribution in [2.75, 3.05) is 31.6 Å². The van der Waals surface area contributed by atoms with Crippen molar-refractivity contribution in [3.63, 3.8) is 0 Å². The Morgan fingerprint density at radius 1 is 1.08 bits per heavy atom. The van der Waals surface area contributed by atoms with E-state index in [-0.39, 0.29) is 17.8 Å². The van der Waals surface area contributed by atoms with Crippen molar-refractivity contribution >= 4 is 23.3 Å². The van der Waals surface area contributed by atoms with E-state index in [1.54, 1.807) is 0 Å². The van der Waals surface area contributed by atoms with Crippen LogP contribution in [0.1, 0.15) is 54.4 Å². The molecule has 2 heterocycles. The van der Waals surface area contributed by atoms with Gasteiger partial charge in [-0.2, -0.15) is 0 Å². The van der Waals surface area contributed by atoms with Crippen LogP contribution in [0.4, 0.5) is 5.69 Å². The van der Waals surface area contributed by atoms with E-state index in [1.165, 1.54) is 24.1 Å². The number of likely N-dealkylation sites (N-methyl/N-ethyl adjacent to an activating group) is 1. The van der Waals surface area contributed by atoms with Crippen molar-refractivity contribution in [1.29, 1.82) is 0 Å². The molecule has 2 aliphatic heterocycles. The minimum absolute atomic E-state index is 0.0290. The second-order valence-corrected chi connectivity index (χ2v) is 11.1. The van der Waals surface area contributed by atoms with E-state index in [0.717, 1.165) is 53.6 Å². The largest absolute Gasteiger partial charge is 0.489 e. The van der Waals surface area contributed by atoms with E-state index in [4.69, 9.17) is 21.4 Å². The van der Waals surface area contributed by atoms with Crippen molar-refractivity contribution in [1.82, 2.24) is 4.90 Å². The summed E-state index contributed by atoms with van der Waals surface area (Å²) in [5.74, 6) is -0.0590. The number of hydrogen-bond acceptors (Lipinski definition) is 4. The molecule has 6 heteroatoms. The zero-order valence-electron chi connectivity index (χ0n) is 21.6. The molecule has 194 valence electrons. The summed E-state index contributed by atoms with van der Waals surface area (Å²) in [5.41, 5.74) is 6.36. The van der Waals surface area contributed by atoms with Crippen molar-refractivity contribution in [2.45, 2.75) is 50.7 Å². The van der Waals surface area contributed by atoms with Gasteiger partial charge < -0.3 is 14.7 Å². The van der Waals surface area contributed by atoms with Crippen molar-refractivity contribution in [3.8, 4) is 5.75 Å². The van der Waals surface area contributed by atoms with Crippen LogP contribution in [-0.4, -0.2) is 42.7 Å². The van der Waals surface area contributed by atoms with Gasteiger partial charge in [-0.3, -0.25) is 9.69 Å². The number of rotatable bonds is 8. The monoisotopic (exact) mass is 518 g/mol. The molecule has 0 amide bonds. The Bertz CT molecular complexity index is 1250. The average Bonchev–Trinajstić information content (AvgIpc) is 3.16. The Balaban J connectivity index is 1.14. The van der Waals surface area contributed by atoms with Gasteiger partial charge in [0.25, 0.3) is 0 Å². The molecule has 37 heavy (non-hydrogen) atoms. The number of hydrogen-bond donors (Lipinski definition) is 1. The van der Waals surface area contributed by atoms with Crippen LogP contribution < -0.4 is 9.64 Å². The fourth-order valence-electron chi connectivity index (χ4n) is 5.93. The number of anilines is 1. The van der Waals surface area contributed by atoms with Crippen LogP contribution >= 0.6 is 11.6 Å². The first-order valence-corrected chi connectivity index (χ1v) is 13.5. The Labute approximate surface area is 224 Å². The Morgan fingerprint density at radius 3 is 2.51 bits per heavy atom. The van der Waals surface area contributed by atoms with Gasteiger partial charge in [-0.05, 0) is 78.4 Å². The van der Waals surface area contributed by atoms with Crippen LogP contribution in [0.25, 0.3) is 0 Å². The van der Waals surface area contributed by atoms with Gasteiger partial charge in [0.1, 0.15) is 12.4 Å². The number of nitrogens with zero attached hydrogens (tertiary/aromatic N) is 2. The Kier molecular flexibility index (Phi) is 7.45. The topological polar surface area (TPSA) is 53.0 Å². The molecule has 1 saturated heterocycles. The van der Waals surface area contributed by atoms with Gasteiger partial charge >= 0.3 is 5.97 Å². The molecule has 5 nitrogen and oxygen atoms in total. The molecule has 2 aliphatic rings. The number of aliphatic carboxylic acids is 1. The van der Waals surface area contributed by atoms with Crippen molar-refractivity contribution < 1.29 is 14.6 Å². The minimum atomic E-state index is -0.787. The Hall–Kier alpha value is -3.02. The summed E-state index contributed by atoms with van der Waals surface area (Å²) in [6.07, 6.45) is 2.46. The number of halogens is 1. The first-order chi connectivity index (χ1) is 17.8. The normalized spacial score (nSPS) is 17.5. The third kappa shape index (κ3) is 5.63. The maximum atomic E-state index is 10.9. The lowest BCUT2D eigenvalue weighted by molar-refractivity contribution is -0.137. The summed E-state index contributed by atoms with van der Waals surface area (Å²) in [4.78, 5) is 15.9. The molecule has 3 aromatic carbocycles. The highest BCUT2D eigenvalue weighted by atomic mass is 35.5. The first-order valence-electron chi connectivity index (χ1n) is 13.1. The molecule has 1 atom stereocenters. The molecule has 0 radical (unpaired) electrons. The molecule has 5 rings (SSSR count). The lowest BCUT2D eigenvalue weighted by Crippen LogP contribution is -2.44. The summed E-state index contributed by atoms with van der Waals surface area (Å²) in [5, 5.41) is 9.77. The smallest absolute Gasteiger partial charge is 0.303 e. The number of carboxylic acids is 1. The number of carbonyl (C=O) groups is 1. The van der Waals surface area contributed by atoms with Gasteiger partial charge in [0.2, 0.25) is 0 Å². The molecule has 3 aromatic rings. The van der Waals surface area contributed by atoms with Crippen LogP contribution in [0.3, 0.4) is 0 Å². The second kappa shape index (κ2) is 10.8. The lowest BCUT2D eigenvalue weighted by atomic mass is 9.74. The number of para-hydroxylation sites is 1. The van der Waals surface area contributed by atoms with Crippen LogP contribution in [0.15, 0.2) is 66.7 Å². The third-order valence-electron chi connectivity index (χ3n) is 8.09. The molecular formula is C31H35ClN2O3. The molecule has 0 bridgehead atoms. The quantitative estimate of drug-likeness (QED) is 0.370. The molecule has 1 N–H and O–H groups in total. The minimum Gasteiger partial charge on any atom is -0.489 e. The molecule has 1 unspecified atom stereocenters. The van der Waals surface area contributed by atoms with Crippen LogP contribution in [-0.2, 0) is 23.4 Å². The number of benzene rings is 3. The zero-order valence-corrected chi connectivity index (χ0v) is 22.4. The number of likely N-dealkylation sites (tertiary alicyclic amines) is 1. The van der Waals surface area contributed by atoms with E-state index < -0.39 is 5.97 Å². The first kappa shape index (κ1) is 25.6. The van der Waals surface area contributed by atoms with Crippen LogP contribution in [0.2, 0.25) is 5.02 Å². The average molecular weight is 519 g/mol. The van der Waals surface area contributed by atoms with Crippen LogP contribution in [0.5, 0.6) is 5.75 Å². The molecule has 0 aliphatic carbocycles. The number of fused-ring (bicyclic) bond motifs is 2. The molecular weight excluding hydrogens is 484 g/mol. The summed E-state index contributed by atoms with van der Waals surface area (Å²) < 4.78 is 5.95. The molecule has 0 saturated carbocycles. The fourth-order valence-corrected chi connectivity index (χ4v) is 6.20. The zero-order chi connectivity index (χ0) is 26.0. The van der Waals surface area contributed by atoms with E-state index in [9.17, 15) is 4.79 Å². The number of carboxylic acid groups (broad SMARTS) is 1. The van der Waals surface area contributed by atoms with Crippen LogP contribution in [0, 0.1) is 0 Å². The predicted molar refractivity (Wildman–Crippen MR) is 149 cm³/mol. The SMILES string of the molecule is CC(CC(=O)O)c1ccc(OCc2ccc(CN3CCC4(CC3)CN(C)c3ccccc34)c(Cl)c2)cc1. The highest BCUT2D eigenvalue weighted by molar-refractivity contribution is 6.31. The van der Waals surface area contributed by atoms with E-state index >= 15 is 0 Å². The lowest BCUT2D eigenvalue weighted by Gasteiger charge is -2.40. The molecule has 1 spiro atoms. The van der Waals surface area contributed by atoms with Gasteiger partial charge in [-0.25, -0.2) is 0 Å². The third-order valence-corrected chi connectivity index (χ3v) is 8.44. The standard InChI is InChI=1S/C31H35ClN2O3/c1-22(17-30(35)36)24-9-11-26(12-10-24)37-20-23-7-8-25(28(32)18-23)19-34-15-13-31(14-16-34)21-33(2)29-6-4-3-5-27(29)31/h3-12,18,22H,13-17,19-21H2,1-2H3,(H,35,36). The molecule has 0 aromatic heterocycles. The van der Waals surface area contributed by atoms with Gasteiger partial charge in [0.05, 0.1) is 6.42 Å². The van der Waals surface area contributed by atoms with Crippen molar-refractivity contribution in [3.05, 3.63) is 94.0 Å². The van der Waals surface area contributed by atoms with Crippen molar-refractivity contribution in [2.24, 2.45) is 0 Å². The summed E-state index contributed by atoms with van der Waals surface area (Å²) >= 11 is 6.70. The molecule has 1 fully saturated rings.